The number of carbonyl (C=O) groups excluding carboxylic acids is 1. The Kier molecular flexibility index (Phi) is 6.22. The van der Waals surface area contributed by atoms with Crippen molar-refractivity contribution >= 4 is 5.91 Å². The molecule has 1 aromatic rings. The van der Waals surface area contributed by atoms with Gasteiger partial charge >= 0.3 is 0 Å². The van der Waals surface area contributed by atoms with Gasteiger partial charge in [0.25, 0.3) is 0 Å². The van der Waals surface area contributed by atoms with Crippen LogP contribution < -0.4 is 15.8 Å². The fraction of sp³-hybridized carbons (Fsp3) is 0.500. The molecule has 0 radical (unpaired) electrons. The van der Waals surface area contributed by atoms with Crippen molar-refractivity contribution in [2.24, 2.45) is 5.73 Å². The Labute approximate surface area is 109 Å². The van der Waals surface area contributed by atoms with E-state index in [0.29, 0.717) is 19.6 Å². The van der Waals surface area contributed by atoms with Gasteiger partial charge in [0.1, 0.15) is 5.75 Å². The van der Waals surface area contributed by atoms with Crippen LogP contribution in [0.3, 0.4) is 0 Å². The normalized spacial score (nSPS) is 11.9. The first-order valence-corrected chi connectivity index (χ1v) is 6.39. The van der Waals surface area contributed by atoms with Gasteiger partial charge in [-0.1, -0.05) is 12.1 Å². The summed E-state index contributed by atoms with van der Waals surface area (Å²) in [5.41, 5.74) is 6.42. The van der Waals surface area contributed by atoms with Crippen LogP contribution in [0.4, 0.5) is 0 Å². The van der Waals surface area contributed by atoms with Crippen molar-refractivity contribution in [1.82, 2.24) is 5.32 Å². The van der Waals surface area contributed by atoms with Crippen molar-refractivity contribution in [2.45, 2.75) is 32.7 Å². The van der Waals surface area contributed by atoms with E-state index in [1.165, 1.54) is 0 Å². The molecule has 0 saturated heterocycles. The number of nitrogens with two attached hydrogens (primary N) is 1. The molecule has 18 heavy (non-hydrogen) atoms. The lowest BCUT2D eigenvalue weighted by atomic mass is 10.1. The Balaban J connectivity index is 2.57. The van der Waals surface area contributed by atoms with Crippen LogP contribution in [-0.4, -0.2) is 19.1 Å². The molecule has 0 aromatic heterocycles. The minimum Gasteiger partial charge on any atom is -0.494 e. The number of amides is 1. The maximum Gasteiger partial charge on any atom is 0.220 e. The zero-order valence-electron chi connectivity index (χ0n) is 11.1. The quantitative estimate of drug-likeness (QED) is 0.778. The van der Waals surface area contributed by atoms with Crippen molar-refractivity contribution in [3.05, 3.63) is 29.8 Å². The third kappa shape index (κ3) is 4.75. The molecule has 1 rings (SSSR count). The molecule has 0 aliphatic rings. The van der Waals surface area contributed by atoms with Gasteiger partial charge in [-0.25, -0.2) is 0 Å². The summed E-state index contributed by atoms with van der Waals surface area (Å²) in [5, 5.41) is 2.95. The number of nitrogens with one attached hydrogen (secondary N) is 1. The summed E-state index contributed by atoms with van der Waals surface area (Å²) in [6.45, 7) is 5.10. The number of benzene rings is 1. The lowest BCUT2D eigenvalue weighted by Crippen LogP contribution is -2.26. The maximum atomic E-state index is 11.6. The van der Waals surface area contributed by atoms with Crippen LogP contribution in [0.25, 0.3) is 0 Å². The minimum absolute atomic E-state index is 0.0179. The summed E-state index contributed by atoms with van der Waals surface area (Å²) in [4.78, 5) is 11.6. The molecule has 0 saturated carbocycles. The van der Waals surface area contributed by atoms with Gasteiger partial charge in [0.05, 0.1) is 12.6 Å². The topological polar surface area (TPSA) is 64.3 Å². The molecule has 0 spiro atoms. The fourth-order valence-corrected chi connectivity index (χ4v) is 1.70. The highest BCUT2D eigenvalue weighted by atomic mass is 16.5. The molecule has 1 amide bonds. The van der Waals surface area contributed by atoms with E-state index in [-0.39, 0.29) is 11.9 Å². The molecule has 100 valence electrons. The van der Waals surface area contributed by atoms with Gasteiger partial charge in [-0.3, -0.25) is 4.79 Å². The zero-order valence-corrected chi connectivity index (χ0v) is 11.1. The van der Waals surface area contributed by atoms with Crippen molar-refractivity contribution in [3.8, 4) is 5.75 Å². The van der Waals surface area contributed by atoms with Crippen molar-refractivity contribution in [3.63, 3.8) is 0 Å². The van der Waals surface area contributed by atoms with E-state index in [4.69, 9.17) is 10.5 Å². The number of ether oxygens (including phenoxy) is 1. The van der Waals surface area contributed by atoms with Gasteiger partial charge in [-0.05, 0) is 44.5 Å². The lowest BCUT2D eigenvalue weighted by Gasteiger charge is -2.15. The van der Waals surface area contributed by atoms with Crippen LogP contribution in [0.1, 0.15) is 38.3 Å². The highest BCUT2D eigenvalue weighted by Crippen LogP contribution is 2.19. The van der Waals surface area contributed by atoms with Crippen LogP contribution in [0.2, 0.25) is 0 Å². The largest absolute Gasteiger partial charge is 0.494 e. The summed E-state index contributed by atoms with van der Waals surface area (Å²) in [6.07, 6.45) is 1.20. The standard InChI is InChI=1S/C14H22N2O2/c1-3-18-13-7-4-6-12(10-13)11(2)16-14(17)8-5-9-15/h4,6-7,10-11H,3,5,8-9,15H2,1-2H3,(H,16,17). The molecule has 0 aliphatic carbocycles. The average molecular weight is 250 g/mol. The predicted octanol–water partition coefficient (Wildman–Crippen LogP) is 2.00. The fourth-order valence-electron chi connectivity index (χ4n) is 1.70. The van der Waals surface area contributed by atoms with Gasteiger partial charge in [-0.15, -0.1) is 0 Å². The molecule has 3 N–H and O–H groups in total. The van der Waals surface area contributed by atoms with Crippen LogP contribution in [0.5, 0.6) is 5.75 Å². The van der Waals surface area contributed by atoms with Crippen molar-refractivity contribution < 1.29 is 9.53 Å². The summed E-state index contributed by atoms with van der Waals surface area (Å²) < 4.78 is 5.44. The van der Waals surface area contributed by atoms with E-state index < -0.39 is 0 Å². The third-order valence-electron chi connectivity index (χ3n) is 2.65. The van der Waals surface area contributed by atoms with E-state index in [1.807, 2.05) is 38.1 Å². The number of rotatable bonds is 7. The molecule has 1 atom stereocenters. The van der Waals surface area contributed by atoms with Crippen molar-refractivity contribution in [2.75, 3.05) is 13.2 Å². The molecule has 1 aromatic carbocycles. The second kappa shape index (κ2) is 7.71. The van der Waals surface area contributed by atoms with Crippen molar-refractivity contribution in [1.29, 1.82) is 0 Å². The molecule has 0 aliphatic heterocycles. The highest BCUT2D eigenvalue weighted by Gasteiger charge is 2.09. The van der Waals surface area contributed by atoms with E-state index >= 15 is 0 Å². The van der Waals surface area contributed by atoms with Crippen LogP contribution in [0.15, 0.2) is 24.3 Å². The molecule has 0 heterocycles. The Bertz CT molecular complexity index is 380. The van der Waals surface area contributed by atoms with Gasteiger partial charge in [0, 0.05) is 6.42 Å². The van der Waals surface area contributed by atoms with Gasteiger partial charge < -0.3 is 15.8 Å². The number of carbonyl (C=O) groups is 1. The second-order valence-corrected chi connectivity index (χ2v) is 4.19. The van der Waals surface area contributed by atoms with E-state index in [2.05, 4.69) is 5.32 Å². The Hall–Kier alpha value is -1.55. The minimum atomic E-state index is -0.0179. The van der Waals surface area contributed by atoms with Gasteiger partial charge in [0.15, 0.2) is 0 Å². The first-order chi connectivity index (χ1) is 8.67. The Morgan fingerprint density at radius 2 is 2.28 bits per heavy atom. The van der Waals surface area contributed by atoms with Crippen LogP contribution >= 0.6 is 0 Å². The Morgan fingerprint density at radius 1 is 1.50 bits per heavy atom. The van der Waals surface area contributed by atoms with Crippen LogP contribution in [0, 0.1) is 0 Å². The molecular weight excluding hydrogens is 228 g/mol. The van der Waals surface area contributed by atoms with Gasteiger partial charge in [0.2, 0.25) is 5.91 Å². The van der Waals surface area contributed by atoms with E-state index in [9.17, 15) is 4.79 Å². The van der Waals surface area contributed by atoms with E-state index in [1.54, 1.807) is 0 Å². The number of hydrogen-bond donors (Lipinski definition) is 2. The monoisotopic (exact) mass is 250 g/mol. The van der Waals surface area contributed by atoms with E-state index in [0.717, 1.165) is 17.7 Å². The number of hydrogen-bond acceptors (Lipinski definition) is 3. The SMILES string of the molecule is CCOc1cccc(C(C)NC(=O)CCCN)c1. The summed E-state index contributed by atoms with van der Waals surface area (Å²) in [6, 6.07) is 7.77. The molecule has 0 fully saturated rings. The summed E-state index contributed by atoms with van der Waals surface area (Å²) in [5.74, 6) is 0.868. The molecule has 4 nitrogen and oxygen atoms in total. The van der Waals surface area contributed by atoms with Gasteiger partial charge in [-0.2, -0.15) is 0 Å². The maximum absolute atomic E-state index is 11.6. The molecule has 4 heteroatoms. The predicted molar refractivity (Wildman–Crippen MR) is 72.5 cm³/mol. The Morgan fingerprint density at radius 3 is 2.94 bits per heavy atom. The molecular formula is C14H22N2O2. The smallest absolute Gasteiger partial charge is 0.220 e. The second-order valence-electron chi connectivity index (χ2n) is 4.19. The molecule has 1 unspecified atom stereocenters. The zero-order chi connectivity index (χ0) is 13.4. The lowest BCUT2D eigenvalue weighted by molar-refractivity contribution is -0.121. The highest BCUT2D eigenvalue weighted by molar-refractivity contribution is 5.76. The first kappa shape index (κ1) is 14.5. The third-order valence-corrected chi connectivity index (χ3v) is 2.65. The average Bonchev–Trinajstić information content (AvgIpc) is 2.37. The first-order valence-electron chi connectivity index (χ1n) is 6.39. The summed E-state index contributed by atoms with van der Waals surface area (Å²) in [7, 11) is 0. The summed E-state index contributed by atoms with van der Waals surface area (Å²) >= 11 is 0. The van der Waals surface area contributed by atoms with Crippen LogP contribution in [-0.2, 0) is 4.79 Å². The molecule has 0 bridgehead atoms.